The lowest BCUT2D eigenvalue weighted by molar-refractivity contribution is -0.139. The van der Waals surface area contributed by atoms with E-state index in [1.807, 2.05) is 44.2 Å². The summed E-state index contributed by atoms with van der Waals surface area (Å²) in [4.78, 5) is 27.4. The number of rotatable bonds is 11. The van der Waals surface area contributed by atoms with Gasteiger partial charge in [0, 0.05) is 28.9 Å². The van der Waals surface area contributed by atoms with Crippen molar-refractivity contribution in [3.8, 4) is 5.75 Å². The van der Waals surface area contributed by atoms with Crippen molar-refractivity contribution in [2.75, 3.05) is 19.4 Å². The molecule has 168 valence electrons. The van der Waals surface area contributed by atoms with Gasteiger partial charge in [0.15, 0.2) is 0 Å². The summed E-state index contributed by atoms with van der Waals surface area (Å²) in [5.74, 6) is 1.33. The van der Waals surface area contributed by atoms with E-state index in [4.69, 9.17) is 27.9 Å². The van der Waals surface area contributed by atoms with Crippen LogP contribution < -0.4 is 10.1 Å². The third-order valence-corrected chi connectivity index (χ3v) is 6.30. The van der Waals surface area contributed by atoms with E-state index in [0.29, 0.717) is 35.3 Å². The second kappa shape index (κ2) is 12.8. The number of amides is 2. The summed E-state index contributed by atoms with van der Waals surface area (Å²) in [5.41, 5.74) is 1.85. The van der Waals surface area contributed by atoms with Crippen molar-refractivity contribution < 1.29 is 14.3 Å². The van der Waals surface area contributed by atoms with E-state index in [-0.39, 0.29) is 17.6 Å². The molecule has 2 aromatic rings. The molecule has 0 saturated carbocycles. The number of hydrogen-bond acceptors (Lipinski definition) is 4. The minimum absolute atomic E-state index is 0.0935. The second-order valence-corrected chi connectivity index (χ2v) is 8.75. The molecular formula is C23H28Cl2N2O3S. The highest BCUT2D eigenvalue weighted by atomic mass is 35.5. The lowest BCUT2D eigenvalue weighted by atomic mass is 10.1. The van der Waals surface area contributed by atoms with Gasteiger partial charge in [-0.25, -0.2) is 0 Å². The van der Waals surface area contributed by atoms with E-state index in [1.165, 1.54) is 11.8 Å². The minimum atomic E-state index is -0.533. The highest BCUT2D eigenvalue weighted by Crippen LogP contribution is 2.25. The first-order valence-corrected chi connectivity index (χ1v) is 12.0. The predicted molar refractivity (Wildman–Crippen MR) is 129 cm³/mol. The number of thioether (sulfide) groups is 1. The quantitative estimate of drug-likeness (QED) is 0.479. The maximum atomic E-state index is 13.2. The van der Waals surface area contributed by atoms with Crippen LogP contribution in [-0.2, 0) is 21.9 Å². The molecular weight excluding hydrogens is 455 g/mol. The van der Waals surface area contributed by atoms with Crippen molar-refractivity contribution in [2.45, 2.75) is 38.6 Å². The molecule has 1 unspecified atom stereocenters. The molecule has 0 heterocycles. The van der Waals surface area contributed by atoms with E-state index < -0.39 is 6.04 Å². The number of likely N-dealkylation sites (N-methyl/N-ethyl adjacent to an activating group) is 1. The zero-order chi connectivity index (χ0) is 22.8. The van der Waals surface area contributed by atoms with Gasteiger partial charge in [0.05, 0.1) is 12.9 Å². The van der Waals surface area contributed by atoms with Crippen LogP contribution in [0.4, 0.5) is 0 Å². The van der Waals surface area contributed by atoms with Crippen LogP contribution in [0.15, 0.2) is 42.5 Å². The average Bonchev–Trinajstić information content (AvgIpc) is 2.75. The first-order chi connectivity index (χ1) is 14.9. The Morgan fingerprint density at radius 3 is 2.42 bits per heavy atom. The lowest BCUT2D eigenvalue weighted by Gasteiger charge is -2.30. The molecule has 8 heteroatoms. The van der Waals surface area contributed by atoms with Gasteiger partial charge in [0.2, 0.25) is 11.8 Å². The molecule has 0 aliphatic heterocycles. The Morgan fingerprint density at radius 1 is 1.13 bits per heavy atom. The van der Waals surface area contributed by atoms with Crippen LogP contribution in [0.25, 0.3) is 0 Å². The van der Waals surface area contributed by atoms with Crippen LogP contribution in [0.3, 0.4) is 0 Å². The molecule has 0 spiro atoms. The fraction of sp³-hybridized carbons (Fsp3) is 0.391. The van der Waals surface area contributed by atoms with E-state index in [2.05, 4.69) is 5.32 Å². The molecule has 0 aliphatic rings. The van der Waals surface area contributed by atoms with Gasteiger partial charge in [-0.2, -0.15) is 0 Å². The van der Waals surface area contributed by atoms with Gasteiger partial charge in [0.1, 0.15) is 11.8 Å². The molecule has 1 N–H and O–H groups in total. The number of benzene rings is 2. The van der Waals surface area contributed by atoms with Crippen molar-refractivity contribution in [1.82, 2.24) is 10.2 Å². The SMILES string of the molecule is CCNC(=O)C(CC)N(Cc1ccc(OC)cc1)C(=O)CSCc1ccc(Cl)cc1Cl. The molecule has 2 rings (SSSR count). The number of carbonyl (C=O) groups excluding carboxylic acids is 2. The first kappa shape index (κ1) is 25.4. The molecule has 31 heavy (non-hydrogen) atoms. The largest absolute Gasteiger partial charge is 0.497 e. The molecule has 0 fully saturated rings. The summed E-state index contributed by atoms with van der Waals surface area (Å²) in [6.45, 7) is 4.64. The summed E-state index contributed by atoms with van der Waals surface area (Å²) >= 11 is 13.6. The Labute approximate surface area is 198 Å². The van der Waals surface area contributed by atoms with Gasteiger partial charge in [-0.1, -0.05) is 48.3 Å². The Hall–Kier alpha value is -1.89. The lowest BCUT2D eigenvalue weighted by Crippen LogP contribution is -2.49. The maximum absolute atomic E-state index is 13.2. The first-order valence-electron chi connectivity index (χ1n) is 10.1. The Morgan fingerprint density at radius 2 is 1.84 bits per heavy atom. The normalized spacial score (nSPS) is 11.6. The molecule has 0 bridgehead atoms. The number of nitrogens with zero attached hydrogens (tertiary/aromatic N) is 1. The molecule has 0 radical (unpaired) electrons. The van der Waals surface area contributed by atoms with Crippen molar-refractivity contribution in [3.63, 3.8) is 0 Å². The number of carbonyl (C=O) groups is 2. The van der Waals surface area contributed by atoms with Gasteiger partial charge in [-0.3, -0.25) is 9.59 Å². The molecule has 2 amide bonds. The fourth-order valence-electron chi connectivity index (χ4n) is 3.11. The van der Waals surface area contributed by atoms with E-state index >= 15 is 0 Å². The summed E-state index contributed by atoms with van der Waals surface area (Å²) in [6.07, 6.45) is 0.529. The molecule has 0 saturated heterocycles. The number of methoxy groups -OCH3 is 1. The van der Waals surface area contributed by atoms with E-state index in [0.717, 1.165) is 16.9 Å². The molecule has 0 aromatic heterocycles. The minimum Gasteiger partial charge on any atom is -0.497 e. The Bertz CT molecular complexity index is 878. The summed E-state index contributed by atoms with van der Waals surface area (Å²) in [6, 6.07) is 12.3. The van der Waals surface area contributed by atoms with Gasteiger partial charge < -0.3 is 15.0 Å². The summed E-state index contributed by atoms with van der Waals surface area (Å²) in [5, 5.41) is 4.00. The van der Waals surface area contributed by atoms with E-state index in [9.17, 15) is 9.59 Å². The van der Waals surface area contributed by atoms with Gasteiger partial charge in [-0.05, 0) is 48.7 Å². The Balaban J connectivity index is 2.12. The van der Waals surface area contributed by atoms with Gasteiger partial charge in [-0.15, -0.1) is 11.8 Å². The van der Waals surface area contributed by atoms with Crippen LogP contribution >= 0.6 is 35.0 Å². The second-order valence-electron chi connectivity index (χ2n) is 6.92. The third kappa shape index (κ3) is 7.63. The van der Waals surface area contributed by atoms with Crippen molar-refractivity contribution >= 4 is 46.8 Å². The van der Waals surface area contributed by atoms with Crippen LogP contribution in [0.1, 0.15) is 31.4 Å². The topological polar surface area (TPSA) is 58.6 Å². The van der Waals surface area contributed by atoms with E-state index in [1.54, 1.807) is 24.1 Å². The zero-order valence-electron chi connectivity index (χ0n) is 18.0. The number of halogens is 2. The number of nitrogens with one attached hydrogen (secondary N) is 1. The summed E-state index contributed by atoms with van der Waals surface area (Å²) in [7, 11) is 1.61. The molecule has 5 nitrogen and oxygen atoms in total. The van der Waals surface area contributed by atoms with Crippen molar-refractivity contribution in [1.29, 1.82) is 0 Å². The predicted octanol–water partition coefficient (Wildman–Crippen LogP) is 5.18. The third-order valence-electron chi connectivity index (χ3n) is 4.75. The molecule has 0 aliphatic carbocycles. The molecule has 2 aromatic carbocycles. The van der Waals surface area contributed by atoms with Gasteiger partial charge in [0.25, 0.3) is 0 Å². The van der Waals surface area contributed by atoms with Crippen LogP contribution in [0, 0.1) is 0 Å². The van der Waals surface area contributed by atoms with Gasteiger partial charge >= 0.3 is 0 Å². The average molecular weight is 483 g/mol. The highest BCUT2D eigenvalue weighted by Gasteiger charge is 2.28. The zero-order valence-corrected chi connectivity index (χ0v) is 20.3. The number of hydrogen-bond donors (Lipinski definition) is 1. The van der Waals surface area contributed by atoms with Crippen LogP contribution in [0.2, 0.25) is 10.0 Å². The van der Waals surface area contributed by atoms with Crippen LogP contribution in [-0.4, -0.2) is 42.2 Å². The summed E-state index contributed by atoms with van der Waals surface area (Å²) < 4.78 is 5.21. The monoisotopic (exact) mass is 482 g/mol. The maximum Gasteiger partial charge on any atom is 0.242 e. The highest BCUT2D eigenvalue weighted by molar-refractivity contribution is 7.99. The molecule has 1 atom stereocenters. The Kier molecular flexibility index (Phi) is 10.5. The van der Waals surface area contributed by atoms with Crippen molar-refractivity contribution in [2.24, 2.45) is 0 Å². The smallest absolute Gasteiger partial charge is 0.242 e. The number of ether oxygens (including phenoxy) is 1. The van der Waals surface area contributed by atoms with Crippen molar-refractivity contribution in [3.05, 3.63) is 63.6 Å². The van der Waals surface area contributed by atoms with Crippen LogP contribution in [0.5, 0.6) is 5.75 Å². The standard InChI is InChI=1S/C23H28Cl2N2O3S/c1-4-21(23(29)26-5-2)27(13-16-6-10-19(30-3)11-7-16)22(28)15-31-14-17-8-9-18(24)12-20(17)25/h6-12,21H,4-5,13-15H2,1-3H3,(H,26,29). The fourth-order valence-corrected chi connectivity index (χ4v) is 4.58.